The van der Waals surface area contributed by atoms with Crippen LogP contribution < -0.4 is 5.32 Å². The van der Waals surface area contributed by atoms with Gasteiger partial charge in [0.05, 0.1) is 0 Å². The normalized spacial score (nSPS) is 10.4. The molecule has 0 aromatic carbocycles. The lowest BCUT2D eigenvalue weighted by Crippen LogP contribution is -2.20. The van der Waals surface area contributed by atoms with Gasteiger partial charge in [-0.3, -0.25) is 4.79 Å². The van der Waals surface area contributed by atoms with Gasteiger partial charge in [0, 0.05) is 13.5 Å². The first-order valence-electron chi connectivity index (χ1n) is 3.12. The van der Waals surface area contributed by atoms with Gasteiger partial charge in [-0.25, -0.2) is 0 Å². The number of amides is 1. The van der Waals surface area contributed by atoms with Gasteiger partial charge in [-0.05, 0) is 12.5 Å². The van der Waals surface area contributed by atoms with Crippen LogP contribution in [0.15, 0.2) is 0 Å². The molecule has 0 unspecified atom stereocenters. The van der Waals surface area contributed by atoms with E-state index < -0.39 is 9.76 Å². The highest BCUT2D eigenvalue weighted by molar-refractivity contribution is 6.25. The molecule has 3 nitrogen and oxygen atoms in total. The molecule has 4 heteroatoms. The van der Waals surface area contributed by atoms with E-state index in [1.54, 1.807) is 0 Å². The topological polar surface area (TPSA) is 49.3 Å². The Balaban J connectivity index is 2.83. The second kappa shape index (κ2) is 5.78. The lowest BCUT2D eigenvalue weighted by Gasteiger charge is -1.97. The van der Waals surface area contributed by atoms with Crippen molar-refractivity contribution in [1.82, 2.24) is 5.32 Å². The fourth-order valence-corrected chi connectivity index (χ4v) is 0.975. The third-order valence-corrected chi connectivity index (χ3v) is 1.78. The van der Waals surface area contributed by atoms with Gasteiger partial charge < -0.3 is 10.1 Å². The van der Waals surface area contributed by atoms with Crippen molar-refractivity contribution in [1.29, 1.82) is 0 Å². The van der Waals surface area contributed by atoms with Crippen molar-refractivity contribution in [3.05, 3.63) is 0 Å². The minimum atomic E-state index is -0.782. The first-order chi connectivity index (χ1) is 4.27. The molecule has 0 aromatic heterocycles. The molecule has 0 spiro atoms. The lowest BCUT2D eigenvalue weighted by atomic mass is 10.5. The molecule has 0 bridgehead atoms. The zero-order chi connectivity index (χ0) is 7.11. The average molecular weight is 147 g/mol. The highest BCUT2D eigenvalue weighted by atomic mass is 28.2. The molecule has 0 fully saturated rings. The summed E-state index contributed by atoms with van der Waals surface area (Å²) in [6.07, 6.45) is 0.919. The van der Waals surface area contributed by atoms with E-state index in [1.165, 1.54) is 6.92 Å². The van der Waals surface area contributed by atoms with Crippen molar-refractivity contribution in [2.24, 2.45) is 0 Å². The Morgan fingerprint density at radius 2 is 2.44 bits per heavy atom. The van der Waals surface area contributed by atoms with E-state index >= 15 is 0 Å². The molecular formula is C5H13NO2Si. The standard InChI is InChI=1S/C5H13NO2Si/c1-5(7)6-3-2-4-9-8/h8H,2-4,9H2,1H3,(H,6,7). The second-order valence-electron chi connectivity index (χ2n) is 1.91. The Morgan fingerprint density at radius 1 is 1.78 bits per heavy atom. The van der Waals surface area contributed by atoms with Gasteiger partial charge in [0.25, 0.3) is 0 Å². The molecule has 0 aliphatic rings. The lowest BCUT2D eigenvalue weighted by molar-refractivity contribution is -0.118. The third kappa shape index (κ3) is 7.65. The molecule has 0 rings (SSSR count). The number of nitrogens with one attached hydrogen (secondary N) is 1. The van der Waals surface area contributed by atoms with Crippen molar-refractivity contribution >= 4 is 15.7 Å². The minimum Gasteiger partial charge on any atom is -0.438 e. The summed E-state index contributed by atoms with van der Waals surface area (Å²) in [6.45, 7) is 2.21. The summed E-state index contributed by atoms with van der Waals surface area (Å²) in [4.78, 5) is 18.7. The van der Waals surface area contributed by atoms with Gasteiger partial charge in [0.1, 0.15) is 0 Å². The number of hydrogen-bond acceptors (Lipinski definition) is 2. The summed E-state index contributed by atoms with van der Waals surface area (Å²) < 4.78 is 0. The van der Waals surface area contributed by atoms with E-state index in [0.29, 0.717) is 6.54 Å². The van der Waals surface area contributed by atoms with Crippen molar-refractivity contribution in [2.45, 2.75) is 19.4 Å². The van der Waals surface area contributed by atoms with Crippen molar-refractivity contribution in [2.75, 3.05) is 6.54 Å². The van der Waals surface area contributed by atoms with Crippen molar-refractivity contribution < 1.29 is 9.59 Å². The molecule has 0 heterocycles. The highest BCUT2D eigenvalue weighted by Crippen LogP contribution is 1.82. The molecule has 2 N–H and O–H groups in total. The number of hydrogen-bond donors (Lipinski definition) is 2. The first-order valence-corrected chi connectivity index (χ1v) is 4.76. The Hall–Kier alpha value is -0.353. The smallest absolute Gasteiger partial charge is 0.216 e. The zero-order valence-corrected chi connectivity index (χ0v) is 7.10. The van der Waals surface area contributed by atoms with Crippen LogP contribution in [0.1, 0.15) is 13.3 Å². The Bertz CT molecular complexity index is 87.0. The van der Waals surface area contributed by atoms with E-state index in [4.69, 9.17) is 4.80 Å². The van der Waals surface area contributed by atoms with E-state index in [0.717, 1.165) is 12.5 Å². The van der Waals surface area contributed by atoms with Crippen LogP contribution in [0.5, 0.6) is 0 Å². The van der Waals surface area contributed by atoms with Crippen LogP contribution in [0.4, 0.5) is 0 Å². The van der Waals surface area contributed by atoms with Crippen LogP contribution in [0.25, 0.3) is 0 Å². The Morgan fingerprint density at radius 3 is 2.89 bits per heavy atom. The summed E-state index contributed by atoms with van der Waals surface area (Å²) >= 11 is 0. The maximum absolute atomic E-state index is 10.2. The van der Waals surface area contributed by atoms with Crippen LogP contribution in [-0.2, 0) is 4.79 Å². The predicted octanol–water partition coefficient (Wildman–Crippen LogP) is -0.993. The molecule has 1 amide bonds. The van der Waals surface area contributed by atoms with Crippen LogP contribution in [0.3, 0.4) is 0 Å². The summed E-state index contributed by atoms with van der Waals surface area (Å²) in [5, 5.41) is 2.65. The molecule has 54 valence electrons. The average Bonchev–Trinajstić information content (AvgIpc) is 1.80. The summed E-state index contributed by atoms with van der Waals surface area (Å²) in [6, 6.07) is 0.903. The summed E-state index contributed by atoms with van der Waals surface area (Å²) in [5.74, 6) is 0.00889. The van der Waals surface area contributed by atoms with E-state index in [-0.39, 0.29) is 5.91 Å². The first kappa shape index (κ1) is 8.65. The monoisotopic (exact) mass is 147 g/mol. The molecule has 0 aromatic rings. The van der Waals surface area contributed by atoms with Gasteiger partial charge in [0.15, 0.2) is 9.76 Å². The fraction of sp³-hybridized carbons (Fsp3) is 0.800. The van der Waals surface area contributed by atoms with Gasteiger partial charge in [0.2, 0.25) is 5.91 Å². The Kier molecular flexibility index (Phi) is 5.55. The molecule has 0 aliphatic carbocycles. The second-order valence-corrected chi connectivity index (χ2v) is 3.07. The largest absolute Gasteiger partial charge is 0.438 e. The molecule has 0 radical (unpaired) electrons. The van der Waals surface area contributed by atoms with Crippen molar-refractivity contribution in [3.8, 4) is 0 Å². The maximum atomic E-state index is 10.2. The molecule has 0 saturated heterocycles. The number of carbonyl (C=O) groups is 1. The van der Waals surface area contributed by atoms with Crippen LogP contribution in [0.2, 0.25) is 6.04 Å². The molecule has 0 aliphatic heterocycles. The summed E-state index contributed by atoms with van der Waals surface area (Å²) in [5.41, 5.74) is 0. The van der Waals surface area contributed by atoms with Gasteiger partial charge in [-0.1, -0.05) is 0 Å². The van der Waals surface area contributed by atoms with Crippen LogP contribution in [0, 0.1) is 0 Å². The van der Waals surface area contributed by atoms with Gasteiger partial charge in [-0.2, -0.15) is 0 Å². The SMILES string of the molecule is CC(=O)NCCC[SiH2]O. The zero-order valence-electron chi connectivity index (χ0n) is 5.68. The van der Waals surface area contributed by atoms with Crippen molar-refractivity contribution in [3.63, 3.8) is 0 Å². The number of rotatable bonds is 4. The summed E-state index contributed by atoms with van der Waals surface area (Å²) in [7, 11) is -0.782. The quantitative estimate of drug-likeness (QED) is 0.396. The van der Waals surface area contributed by atoms with E-state index in [9.17, 15) is 4.79 Å². The molecule has 0 saturated carbocycles. The fourth-order valence-electron chi connectivity index (χ4n) is 0.501. The van der Waals surface area contributed by atoms with E-state index in [1.807, 2.05) is 0 Å². The maximum Gasteiger partial charge on any atom is 0.216 e. The number of carbonyl (C=O) groups excluding carboxylic acids is 1. The molecule has 0 atom stereocenters. The Labute approximate surface area is 57.4 Å². The van der Waals surface area contributed by atoms with Crippen LogP contribution in [-0.4, -0.2) is 27.0 Å². The molecule has 9 heavy (non-hydrogen) atoms. The minimum absolute atomic E-state index is 0.00889. The van der Waals surface area contributed by atoms with Gasteiger partial charge >= 0.3 is 0 Å². The highest BCUT2D eigenvalue weighted by Gasteiger charge is 1.88. The van der Waals surface area contributed by atoms with Crippen LogP contribution >= 0.6 is 0 Å². The van der Waals surface area contributed by atoms with Gasteiger partial charge in [-0.15, -0.1) is 0 Å². The third-order valence-electron chi connectivity index (χ3n) is 0.959. The predicted molar refractivity (Wildman–Crippen MR) is 38.9 cm³/mol. The molecular weight excluding hydrogens is 134 g/mol. The van der Waals surface area contributed by atoms with E-state index in [2.05, 4.69) is 5.32 Å².